The number of H-pyrrole nitrogens is 1. The summed E-state index contributed by atoms with van der Waals surface area (Å²) in [6, 6.07) is 13.0. The fraction of sp³-hybridized carbons (Fsp3) is 0.174. The van der Waals surface area contributed by atoms with Gasteiger partial charge < -0.3 is 14.3 Å². The second kappa shape index (κ2) is 6.96. The van der Waals surface area contributed by atoms with Gasteiger partial charge in [-0.05, 0) is 24.3 Å². The van der Waals surface area contributed by atoms with Crippen LogP contribution in [0.1, 0.15) is 39.2 Å². The van der Waals surface area contributed by atoms with E-state index >= 15 is 0 Å². The number of pyridine rings is 1. The van der Waals surface area contributed by atoms with Crippen LogP contribution in [0.4, 0.5) is 13.2 Å². The van der Waals surface area contributed by atoms with Crippen LogP contribution in [0.25, 0.3) is 16.5 Å². The number of benzene rings is 1. The summed E-state index contributed by atoms with van der Waals surface area (Å²) in [5, 5.41) is 4.49. The Morgan fingerprint density at radius 1 is 1.15 bits per heavy atom. The zero-order chi connectivity index (χ0) is 22.7. The van der Waals surface area contributed by atoms with Gasteiger partial charge in [0.15, 0.2) is 5.69 Å². The lowest BCUT2D eigenvalue weighted by Crippen LogP contribution is -2.41. The molecule has 0 radical (unpaired) electrons. The summed E-state index contributed by atoms with van der Waals surface area (Å²) in [6.45, 7) is 0.192. The fourth-order valence-electron chi connectivity index (χ4n) is 4.47. The molecule has 1 amide bonds. The normalized spacial score (nSPS) is 16.5. The molecule has 4 aromatic heterocycles. The highest BCUT2D eigenvalue weighted by Crippen LogP contribution is 2.39. The first-order valence-corrected chi connectivity index (χ1v) is 10.3. The van der Waals surface area contributed by atoms with Crippen molar-refractivity contribution in [1.82, 2.24) is 24.5 Å². The molecule has 5 heterocycles. The van der Waals surface area contributed by atoms with E-state index in [0.29, 0.717) is 23.5 Å². The number of para-hydroxylation sites is 1. The third kappa shape index (κ3) is 3.01. The average molecular weight is 451 g/mol. The Kier molecular flexibility index (Phi) is 4.13. The van der Waals surface area contributed by atoms with Gasteiger partial charge >= 0.3 is 6.18 Å². The van der Waals surface area contributed by atoms with Gasteiger partial charge in [-0.2, -0.15) is 18.3 Å². The lowest BCUT2D eigenvalue weighted by Gasteiger charge is -2.33. The number of amides is 1. The van der Waals surface area contributed by atoms with E-state index in [9.17, 15) is 18.0 Å². The number of aromatic amines is 1. The lowest BCUT2D eigenvalue weighted by molar-refractivity contribution is -0.141. The predicted octanol–water partition coefficient (Wildman–Crippen LogP) is 4.61. The van der Waals surface area contributed by atoms with Crippen molar-refractivity contribution in [3.05, 3.63) is 89.5 Å². The van der Waals surface area contributed by atoms with E-state index in [2.05, 4.69) is 15.1 Å². The Bertz CT molecular complexity index is 1480. The molecule has 1 aromatic carbocycles. The first kappa shape index (κ1) is 19.6. The maximum atomic E-state index is 13.9. The average Bonchev–Trinajstić information content (AvgIpc) is 3.53. The monoisotopic (exact) mass is 451 g/mol. The molecular weight excluding hydrogens is 435 g/mol. The number of nitrogens with one attached hydrogen (secondary N) is 1. The van der Waals surface area contributed by atoms with E-state index in [0.717, 1.165) is 15.6 Å². The third-order valence-corrected chi connectivity index (χ3v) is 5.92. The molecule has 0 aliphatic carbocycles. The number of imidazole rings is 1. The number of fused-ring (bicyclic) bond motifs is 3. The summed E-state index contributed by atoms with van der Waals surface area (Å²) in [4.78, 5) is 22.6. The summed E-state index contributed by atoms with van der Waals surface area (Å²) in [5.41, 5.74) is 0.387. The van der Waals surface area contributed by atoms with E-state index in [-0.39, 0.29) is 12.1 Å². The third-order valence-electron chi connectivity index (χ3n) is 5.92. The Morgan fingerprint density at radius 2 is 1.97 bits per heavy atom. The van der Waals surface area contributed by atoms with Gasteiger partial charge in [0, 0.05) is 30.2 Å². The summed E-state index contributed by atoms with van der Waals surface area (Å²) in [7, 11) is 0. The van der Waals surface area contributed by atoms with Crippen LogP contribution in [0.15, 0.2) is 65.5 Å². The smallest absolute Gasteiger partial charge is 0.436 e. The molecule has 5 aromatic rings. The number of hydrogen-bond donors (Lipinski definition) is 1. The minimum Gasteiger partial charge on any atom is -0.458 e. The first-order valence-electron chi connectivity index (χ1n) is 10.3. The minimum atomic E-state index is -4.79. The number of hydrogen-bond acceptors (Lipinski definition) is 4. The summed E-state index contributed by atoms with van der Waals surface area (Å²) < 4.78 is 48.7. The van der Waals surface area contributed by atoms with Gasteiger partial charge in [0.05, 0.1) is 23.1 Å². The summed E-state index contributed by atoms with van der Waals surface area (Å²) in [5.74, 6) is -0.342. The van der Waals surface area contributed by atoms with Crippen LogP contribution in [0.2, 0.25) is 0 Å². The number of alkyl halides is 3. The quantitative estimate of drug-likeness (QED) is 0.425. The van der Waals surface area contributed by atoms with Crippen LogP contribution < -0.4 is 0 Å². The van der Waals surface area contributed by atoms with Crippen LogP contribution >= 0.6 is 0 Å². The molecule has 0 unspecified atom stereocenters. The van der Waals surface area contributed by atoms with E-state index in [1.165, 1.54) is 23.5 Å². The second-order valence-electron chi connectivity index (χ2n) is 7.86. The van der Waals surface area contributed by atoms with Crippen molar-refractivity contribution in [3.8, 4) is 0 Å². The number of aromatic nitrogens is 4. The van der Waals surface area contributed by atoms with Gasteiger partial charge in [-0.3, -0.25) is 4.79 Å². The highest BCUT2D eigenvalue weighted by atomic mass is 19.4. The number of rotatable bonds is 2. The molecule has 0 saturated heterocycles. The van der Waals surface area contributed by atoms with Crippen molar-refractivity contribution < 1.29 is 22.4 Å². The van der Waals surface area contributed by atoms with Gasteiger partial charge in [0.2, 0.25) is 0 Å². The maximum absolute atomic E-state index is 13.9. The van der Waals surface area contributed by atoms with E-state index in [4.69, 9.17) is 4.42 Å². The molecule has 1 aliphatic heterocycles. The Morgan fingerprint density at radius 3 is 2.79 bits per heavy atom. The van der Waals surface area contributed by atoms with Gasteiger partial charge in [-0.25, -0.2) is 9.50 Å². The van der Waals surface area contributed by atoms with E-state index in [1.54, 1.807) is 24.3 Å². The number of carbonyl (C=O) groups is 1. The summed E-state index contributed by atoms with van der Waals surface area (Å²) in [6.07, 6.45) is -1.46. The maximum Gasteiger partial charge on any atom is 0.436 e. The lowest BCUT2D eigenvalue weighted by atomic mass is 9.98. The fourth-order valence-corrected chi connectivity index (χ4v) is 4.47. The zero-order valence-corrected chi connectivity index (χ0v) is 17.0. The molecular formula is C23H16F3N5O2. The molecule has 0 spiro atoms. The topological polar surface area (TPSA) is 79.4 Å². The van der Waals surface area contributed by atoms with E-state index in [1.807, 2.05) is 18.2 Å². The predicted molar refractivity (Wildman–Crippen MR) is 112 cm³/mol. The molecule has 1 N–H and O–H groups in total. The van der Waals surface area contributed by atoms with Crippen molar-refractivity contribution in [1.29, 1.82) is 0 Å². The van der Waals surface area contributed by atoms with Crippen LogP contribution in [-0.4, -0.2) is 36.9 Å². The zero-order valence-electron chi connectivity index (χ0n) is 17.0. The van der Waals surface area contributed by atoms with Gasteiger partial charge in [-0.15, -0.1) is 0 Å². The van der Waals surface area contributed by atoms with E-state index < -0.39 is 29.4 Å². The largest absolute Gasteiger partial charge is 0.458 e. The van der Waals surface area contributed by atoms with Crippen LogP contribution in [0, 0.1) is 0 Å². The van der Waals surface area contributed by atoms with Crippen molar-refractivity contribution in [2.24, 2.45) is 0 Å². The molecule has 0 fully saturated rings. The number of nitrogens with zero attached hydrogens (tertiary/aromatic N) is 4. The number of halogens is 3. The highest BCUT2D eigenvalue weighted by molar-refractivity contribution is 6.02. The standard InChI is InChI=1S/C23H16F3N5O2/c24-23(25,26)21-18(15-6-3-4-9-31(15)29-21)22(32)30-10-8-14-19(28-12-27-14)20(30)17-11-13-5-1-2-7-16(13)33-17/h1-7,9,11-12,20H,8,10H2,(H,27,28)/t20-/m1/s1. The van der Waals surface area contributed by atoms with Gasteiger partial charge in [0.1, 0.15) is 17.4 Å². The van der Waals surface area contributed by atoms with Gasteiger partial charge in [-0.1, -0.05) is 24.3 Å². The SMILES string of the molecule is O=C(c1c(C(F)(F)F)nn2ccccc12)N1CCc2[nH]cnc2[C@H]1c1cc2ccccc2o1. The Hall–Kier alpha value is -4.08. The van der Waals surface area contributed by atoms with Crippen molar-refractivity contribution >= 4 is 22.4 Å². The second-order valence-corrected chi connectivity index (χ2v) is 7.86. The molecule has 7 nitrogen and oxygen atoms in total. The summed E-state index contributed by atoms with van der Waals surface area (Å²) >= 11 is 0. The van der Waals surface area contributed by atoms with Crippen LogP contribution in [0.3, 0.4) is 0 Å². The van der Waals surface area contributed by atoms with Crippen molar-refractivity contribution in [2.45, 2.75) is 18.6 Å². The number of carbonyl (C=O) groups excluding carboxylic acids is 1. The molecule has 0 bridgehead atoms. The molecule has 1 aliphatic rings. The van der Waals surface area contributed by atoms with Crippen molar-refractivity contribution in [3.63, 3.8) is 0 Å². The molecule has 33 heavy (non-hydrogen) atoms. The van der Waals surface area contributed by atoms with Gasteiger partial charge in [0.25, 0.3) is 5.91 Å². The van der Waals surface area contributed by atoms with Crippen LogP contribution in [-0.2, 0) is 12.6 Å². The molecule has 10 heteroatoms. The van der Waals surface area contributed by atoms with Crippen LogP contribution in [0.5, 0.6) is 0 Å². The molecule has 6 rings (SSSR count). The highest BCUT2D eigenvalue weighted by Gasteiger charge is 2.44. The molecule has 1 atom stereocenters. The Labute approximate surface area is 184 Å². The number of furan rings is 1. The Balaban J connectivity index is 1.53. The first-order chi connectivity index (χ1) is 15.9. The molecule has 0 saturated carbocycles. The molecule has 166 valence electrons. The minimum absolute atomic E-state index is 0.0889. The van der Waals surface area contributed by atoms with Crippen molar-refractivity contribution in [2.75, 3.05) is 6.54 Å².